The van der Waals surface area contributed by atoms with Crippen LogP contribution in [0.1, 0.15) is 51.1 Å². The smallest absolute Gasteiger partial charge is 0.230 e. The Morgan fingerprint density at radius 1 is 1.33 bits per heavy atom. The number of carbonyl (C=O) groups is 1. The lowest BCUT2D eigenvalue weighted by Gasteiger charge is -2.35. The highest BCUT2D eigenvalue weighted by atomic mass is 32.2. The van der Waals surface area contributed by atoms with Crippen LogP contribution >= 0.6 is 11.8 Å². The minimum atomic E-state index is 0.147. The number of imidazole rings is 1. The molecule has 0 saturated heterocycles. The van der Waals surface area contributed by atoms with Crippen molar-refractivity contribution in [3.8, 4) is 0 Å². The number of rotatable bonds is 5. The zero-order valence-electron chi connectivity index (χ0n) is 14.7. The number of amides is 1. The SMILES string of the molecule is CC(SCC(=O)NC1C(C)CCCC1C)c1nc2ccccc2[nH]1. The molecule has 1 aliphatic rings. The molecule has 2 aromatic rings. The predicted octanol–water partition coefficient (Wildman–Crippen LogP) is 4.30. The van der Waals surface area contributed by atoms with Gasteiger partial charge in [0, 0.05) is 6.04 Å². The van der Waals surface area contributed by atoms with Crippen LogP contribution in [0.15, 0.2) is 24.3 Å². The van der Waals surface area contributed by atoms with Crippen molar-refractivity contribution in [2.24, 2.45) is 11.8 Å². The summed E-state index contributed by atoms with van der Waals surface area (Å²) in [5, 5.41) is 3.43. The fraction of sp³-hybridized carbons (Fsp3) is 0.579. The first-order chi connectivity index (χ1) is 11.5. The van der Waals surface area contributed by atoms with Crippen LogP contribution < -0.4 is 5.32 Å². The Bertz CT molecular complexity index is 656. The van der Waals surface area contributed by atoms with Gasteiger partial charge in [0.25, 0.3) is 0 Å². The fourth-order valence-electron chi connectivity index (χ4n) is 3.64. The highest BCUT2D eigenvalue weighted by Crippen LogP contribution is 2.30. The van der Waals surface area contributed by atoms with Gasteiger partial charge in [0.1, 0.15) is 5.82 Å². The Labute approximate surface area is 148 Å². The molecule has 1 aliphatic carbocycles. The van der Waals surface area contributed by atoms with Crippen LogP contribution in [0.5, 0.6) is 0 Å². The molecule has 1 amide bonds. The monoisotopic (exact) mass is 345 g/mol. The van der Waals surface area contributed by atoms with Crippen molar-refractivity contribution in [1.82, 2.24) is 15.3 Å². The van der Waals surface area contributed by atoms with Gasteiger partial charge in [-0.1, -0.05) is 32.4 Å². The second-order valence-corrected chi connectivity index (χ2v) is 8.40. The van der Waals surface area contributed by atoms with Gasteiger partial charge in [-0.3, -0.25) is 4.79 Å². The number of hydrogen-bond donors (Lipinski definition) is 2. The summed E-state index contributed by atoms with van der Waals surface area (Å²) in [6, 6.07) is 8.35. The predicted molar refractivity (Wildman–Crippen MR) is 101 cm³/mol. The number of benzene rings is 1. The van der Waals surface area contributed by atoms with E-state index in [4.69, 9.17) is 0 Å². The average Bonchev–Trinajstić information content (AvgIpc) is 3.00. The number of hydrogen-bond acceptors (Lipinski definition) is 3. The molecule has 5 heteroatoms. The number of aromatic amines is 1. The molecule has 0 spiro atoms. The van der Waals surface area contributed by atoms with Crippen molar-refractivity contribution in [2.75, 3.05) is 5.75 Å². The van der Waals surface area contributed by atoms with Gasteiger partial charge in [-0.15, -0.1) is 11.8 Å². The van der Waals surface area contributed by atoms with E-state index in [0.29, 0.717) is 23.6 Å². The topological polar surface area (TPSA) is 57.8 Å². The number of aromatic nitrogens is 2. The number of H-pyrrole nitrogens is 1. The number of para-hydroxylation sites is 2. The van der Waals surface area contributed by atoms with E-state index in [1.54, 1.807) is 11.8 Å². The number of fused-ring (bicyclic) bond motifs is 1. The highest BCUT2D eigenvalue weighted by Gasteiger charge is 2.28. The van der Waals surface area contributed by atoms with E-state index in [0.717, 1.165) is 16.9 Å². The van der Waals surface area contributed by atoms with Gasteiger partial charge < -0.3 is 10.3 Å². The molecule has 0 bridgehead atoms. The van der Waals surface area contributed by atoms with E-state index >= 15 is 0 Å². The molecule has 1 saturated carbocycles. The first kappa shape index (κ1) is 17.3. The summed E-state index contributed by atoms with van der Waals surface area (Å²) in [6.45, 7) is 6.61. The van der Waals surface area contributed by atoms with Gasteiger partial charge in [0.05, 0.1) is 22.0 Å². The summed E-state index contributed by atoms with van der Waals surface area (Å²) in [6.07, 6.45) is 3.72. The maximum Gasteiger partial charge on any atom is 0.230 e. The van der Waals surface area contributed by atoms with E-state index in [9.17, 15) is 4.79 Å². The lowest BCUT2D eigenvalue weighted by molar-refractivity contribution is -0.120. The first-order valence-corrected chi connectivity index (χ1v) is 9.95. The maximum absolute atomic E-state index is 12.3. The Morgan fingerprint density at radius 3 is 2.75 bits per heavy atom. The summed E-state index contributed by atoms with van der Waals surface area (Å²) in [5.41, 5.74) is 2.03. The van der Waals surface area contributed by atoms with E-state index in [-0.39, 0.29) is 11.2 Å². The van der Waals surface area contributed by atoms with Crippen molar-refractivity contribution < 1.29 is 4.79 Å². The highest BCUT2D eigenvalue weighted by molar-refractivity contribution is 8.00. The normalized spacial score (nSPS) is 25.5. The lowest BCUT2D eigenvalue weighted by Crippen LogP contribution is -2.46. The van der Waals surface area contributed by atoms with Crippen molar-refractivity contribution in [3.63, 3.8) is 0 Å². The van der Waals surface area contributed by atoms with Crippen LogP contribution in [-0.2, 0) is 4.79 Å². The third kappa shape index (κ3) is 3.94. The zero-order valence-corrected chi connectivity index (χ0v) is 15.5. The van der Waals surface area contributed by atoms with Gasteiger partial charge in [-0.2, -0.15) is 0 Å². The quantitative estimate of drug-likeness (QED) is 0.849. The van der Waals surface area contributed by atoms with Crippen molar-refractivity contribution >= 4 is 28.7 Å². The average molecular weight is 346 g/mol. The van der Waals surface area contributed by atoms with Gasteiger partial charge in [-0.25, -0.2) is 4.98 Å². The minimum absolute atomic E-state index is 0.147. The number of nitrogens with one attached hydrogen (secondary N) is 2. The third-order valence-corrected chi connectivity index (χ3v) is 6.28. The summed E-state index contributed by atoms with van der Waals surface area (Å²) in [5.74, 6) is 2.72. The number of thioether (sulfide) groups is 1. The Balaban J connectivity index is 1.53. The molecule has 0 aliphatic heterocycles. The molecular formula is C19H27N3OS. The van der Waals surface area contributed by atoms with Gasteiger partial charge in [0.2, 0.25) is 5.91 Å². The van der Waals surface area contributed by atoms with Crippen LogP contribution in [0.4, 0.5) is 0 Å². The molecule has 2 N–H and O–H groups in total. The second-order valence-electron chi connectivity index (χ2n) is 7.07. The summed E-state index contributed by atoms with van der Waals surface area (Å²) in [4.78, 5) is 20.3. The van der Waals surface area contributed by atoms with Crippen LogP contribution in [0, 0.1) is 11.8 Å². The van der Waals surface area contributed by atoms with Crippen molar-refractivity contribution in [2.45, 2.75) is 51.3 Å². The Hall–Kier alpha value is -1.49. The molecule has 1 heterocycles. The van der Waals surface area contributed by atoms with Crippen LogP contribution in [0.3, 0.4) is 0 Å². The molecule has 1 fully saturated rings. The van der Waals surface area contributed by atoms with Gasteiger partial charge in [-0.05, 0) is 43.7 Å². The standard InChI is InChI=1S/C19H27N3OS/c1-12-7-6-8-13(2)18(12)22-17(23)11-24-14(3)19-20-15-9-4-5-10-16(15)21-19/h4-5,9-10,12-14,18H,6-8,11H2,1-3H3,(H,20,21)(H,22,23). The van der Waals surface area contributed by atoms with E-state index in [2.05, 4.69) is 36.1 Å². The molecule has 24 heavy (non-hydrogen) atoms. The maximum atomic E-state index is 12.3. The molecule has 4 nitrogen and oxygen atoms in total. The third-order valence-electron chi connectivity index (χ3n) is 5.13. The van der Waals surface area contributed by atoms with Gasteiger partial charge >= 0.3 is 0 Å². The molecule has 130 valence electrons. The zero-order chi connectivity index (χ0) is 17.1. The fourth-order valence-corrected chi connectivity index (χ4v) is 4.39. The summed E-state index contributed by atoms with van der Waals surface area (Å²) < 4.78 is 0. The van der Waals surface area contributed by atoms with E-state index in [1.165, 1.54) is 19.3 Å². The van der Waals surface area contributed by atoms with E-state index in [1.807, 2.05) is 24.3 Å². The van der Waals surface area contributed by atoms with E-state index < -0.39 is 0 Å². The second kappa shape index (κ2) is 7.60. The summed E-state index contributed by atoms with van der Waals surface area (Å²) in [7, 11) is 0. The van der Waals surface area contributed by atoms with Gasteiger partial charge in [0.15, 0.2) is 0 Å². The first-order valence-electron chi connectivity index (χ1n) is 8.90. The molecule has 3 rings (SSSR count). The number of carbonyl (C=O) groups excluding carboxylic acids is 1. The largest absolute Gasteiger partial charge is 0.352 e. The molecule has 1 aromatic carbocycles. The van der Waals surface area contributed by atoms with Crippen molar-refractivity contribution in [1.29, 1.82) is 0 Å². The lowest BCUT2D eigenvalue weighted by atomic mass is 9.79. The van der Waals surface area contributed by atoms with Crippen molar-refractivity contribution in [3.05, 3.63) is 30.1 Å². The number of nitrogens with zero attached hydrogens (tertiary/aromatic N) is 1. The molecule has 1 aromatic heterocycles. The summed E-state index contributed by atoms with van der Waals surface area (Å²) >= 11 is 1.64. The minimum Gasteiger partial charge on any atom is -0.352 e. The Morgan fingerprint density at radius 2 is 2.04 bits per heavy atom. The van der Waals surface area contributed by atoms with Crippen LogP contribution in [0.2, 0.25) is 0 Å². The Kier molecular flexibility index (Phi) is 5.49. The molecular weight excluding hydrogens is 318 g/mol. The molecule has 3 unspecified atom stereocenters. The molecule has 0 radical (unpaired) electrons. The van der Waals surface area contributed by atoms with Crippen LogP contribution in [0.25, 0.3) is 11.0 Å². The molecule has 3 atom stereocenters. The van der Waals surface area contributed by atoms with Crippen LogP contribution in [-0.4, -0.2) is 27.7 Å².